The van der Waals surface area contributed by atoms with Crippen LogP contribution in [0.1, 0.15) is 33.0 Å². The van der Waals surface area contributed by atoms with Crippen LogP contribution in [0.15, 0.2) is 24.7 Å². The molecule has 1 spiro atoms. The third-order valence-electron chi connectivity index (χ3n) is 6.07. The second kappa shape index (κ2) is 9.78. The van der Waals surface area contributed by atoms with E-state index >= 15 is 0 Å². The van der Waals surface area contributed by atoms with Crippen LogP contribution in [-0.2, 0) is 16.8 Å². The molecule has 0 radical (unpaired) electrons. The number of piperazine rings is 1. The number of ether oxygens (including phenoxy) is 1. The Bertz CT molecular complexity index is 852. The van der Waals surface area contributed by atoms with Crippen LogP contribution < -0.4 is 10.2 Å². The molecule has 0 atom stereocenters. The number of carbonyl (C=O) groups excluding carboxylic acids is 1. The lowest BCUT2D eigenvalue weighted by Crippen LogP contribution is -2.49. The Morgan fingerprint density at radius 2 is 1.90 bits per heavy atom. The summed E-state index contributed by atoms with van der Waals surface area (Å²) in [6, 6.07) is 2.13. The molecule has 2 saturated heterocycles. The highest BCUT2D eigenvalue weighted by Gasteiger charge is 2.41. The average molecular weight is 472 g/mol. The molecule has 5 heterocycles. The Kier molecular flexibility index (Phi) is 7.57. The van der Waals surface area contributed by atoms with Crippen LogP contribution in [0.4, 0.5) is 5.82 Å². The summed E-state index contributed by atoms with van der Waals surface area (Å²) in [4.78, 5) is 28.0. The van der Waals surface area contributed by atoms with Crippen LogP contribution in [0.2, 0.25) is 0 Å². The molecule has 2 aromatic heterocycles. The van der Waals surface area contributed by atoms with E-state index in [2.05, 4.69) is 26.3 Å². The Morgan fingerprint density at radius 1 is 1.13 bits per heavy atom. The predicted octanol–water partition coefficient (Wildman–Crippen LogP) is 2.50. The van der Waals surface area contributed by atoms with Crippen LogP contribution in [0.5, 0.6) is 0 Å². The zero-order valence-corrected chi connectivity index (χ0v) is 19.2. The summed E-state index contributed by atoms with van der Waals surface area (Å²) in [5.41, 5.74) is 1.09. The van der Waals surface area contributed by atoms with Gasteiger partial charge in [-0.25, -0.2) is 4.98 Å². The van der Waals surface area contributed by atoms with Crippen molar-refractivity contribution in [3.05, 3.63) is 40.0 Å². The van der Waals surface area contributed by atoms with Crippen molar-refractivity contribution >= 4 is 47.9 Å². The molecule has 3 aliphatic heterocycles. The van der Waals surface area contributed by atoms with Crippen LogP contribution in [-0.4, -0.2) is 66.7 Å². The van der Waals surface area contributed by atoms with Gasteiger partial charge in [-0.3, -0.25) is 9.78 Å². The van der Waals surface area contributed by atoms with Crippen LogP contribution in [0, 0.1) is 0 Å². The number of fused-ring (bicyclic) bond motifs is 2. The van der Waals surface area contributed by atoms with Gasteiger partial charge in [0.15, 0.2) is 0 Å². The number of hydrogen-bond acceptors (Lipinski definition) is 7. The van der Waals surface area contributed by atoms with Crippen molar-refractivity contribution in [2.45, 2.75) is 24.9 Å². The number of halogens is 2. The molecule has 10 heteroatoms. The molecule has 164 valence electrons. The normalized spacial score (nSPS) is 20.1. The van der Waals surface area contributed by atoms with Gasteiger partial charge >= 0.3 is 0 Å². The SMILES string of the molecule is Cl.Cl.O=C(c1cc2c(s1)CCOC21CCNCC1)N1CCN(c2cnccn2)CC1. The highest BCUT2D eigenvalue weighted by molar-refractivity contribution is 7.14. The first-order valence-corrected chi connectivity index (χ1v) is 10.8. The number of carbonyl (C=O) groups is 1. The molecule has 2 aromatic rings. The van der Waals surface area contributed by atoms with E-state index in [0.29, 0.717) is 13.1 Å². The molecule has 0 bridgehead atoms. The van der Waals surface area contributed by atoms with Crippen molar-refractivity contribution in [2.24, 2.45) is 0 Å². The van der Waals surface area contributed by atoms with Crippen molar-refractivity contribution in [3.63, 3.8) is 0 Å². The lowest BCUT2D eigenvalue weighted by atomic mass is 9.83. The van der Waals surface area contributed by atoms with Gasteiger partial charge in [0.25, 0.3) is 5.91 Å². The molecule has 0 unspecified atom stereocenters. The third kappa shape index (κ3) is 4.29. The zero-order chi connectivity index (χ0) is 19.0. The Balaban J connectivity index is 0.00000128. The first kappa shape index (κ1) is 23.2. The Morgan fingerprint density at radius 3 is 2.60 bits per heavy atom. The molecule has 30 heavy (non-hydrogen) atoms. The summed E-state index contributed by atoms with van der Waals surface area (Å²) in [7, 11) is 0. The Hall–Kier alpha value is -1.45. The summed E-state index contributed by atoms with van der Waals surface area (Å²) in [5.74, 6) is 1.04. The number of hydrogen-bond donors (Lipinski definition) is 1. The van der Waals surface area contributed by atoms with E-state index in [1.807, 2.05) is 4.90 Å². The number of piperidine rings is 1. The minimum atomic E-state index is -0.182. The van der Waals surface area contributed by atoms with Crippen molar-refractivity contribution in [2.75, 3.05) is 50.8 Å². The summed E-state index contributed by atoms with van der Waals surface area (Å²) in [6.07, 6.45) is 8.07. The average Bonchev–Trinajstić information content (AvgIpc) is 3.21. The van der Waals surface area contributed by atoms with Crippen LogP contribution >= 0.6 is 36.2 Å². The predicted molar refractivity (Wildman–Crippen MR) is 122 cm³/mol. The summed E-state index contributed by atoms with van der Waals surface area (Å²) in [6.45, 7) is 5.71. The number of aromatic nitrogens is 2. The van der Waals surface area contributed by atoms with Crippen LogP contribution in [0.3, 0.4) is 0 Å². The molecule has 1 N–H and O–H groups in total. The largest absolute Gasteiger partial charge is 0.370 e. The lowest BCUT2D eigenvalue weighted by molar-refractivity contribution is -0.0792. The third-order valence-corrected chi connectivity index (χ3v) is 7.25. The van der Waals surface area contributed by atoms with Gasteiger partial charge in [0.1, 0.15) is 5.82 Å². The minimum Gasteiger partial charge on any atom is -0.370 e. The van der Waals surface area contributed by atoms with Gasteiger partial charge in [-0.2, -0.15) is 0 Å². The van der Waals surface area contributed by atoms with Gasteiger partial charge in [-0.05, 0) is 37.6 Å². The molecule has 0 aliphatic carbocycles. The van der Waals surface area contributed by atoms with Gasteiger partial charge in [-0.15, -0.1) is 36.2 Å². The highest BCUT2D eigenvalue weighted by atomic mass is 35.5. The minimum absolute atomic E-state index is 0. The molecule has 0 saturated carbocycles. The zero-order valence-electron chi connectivity index (χ0n) is 16.7. The molecule has 7 nitrogen and oxygen atoms in total. The van der Waals surface area contributed by atoms with E-state index in [9.17, 15) is 4.79 Å². The quantitative estimate of drug-likeness (QED) is 0.725. The monoisotopic (exact) mass is 471 g/mol. The maximum absolute atomic E-state index is 13.2. The first-order valence-electron chi connectivity index (χ1n) is 10.0. The summed E-state index contributed by atoms with van der Waals surface area (Å²) < 4.78 is 6.26. The second-order valence-electron chi connectivity index (χ2n) is 7.63. The van der Waals surface area contributed by atoms with Crippen LogP contribution in [0.25, 0.3) is 0 Å². The summed E-state index contributed by atoms with van der Waals surface area (Å²) in [5, 5.41) is 3.42. The van der Waals surface area contributed by atoms with Gasteiger partial charge in [0.05, 0.1) is 23.3 Å². The topological polar surface area (TPSA) is 70.6 Å². The van der Waals surface area contributed by atoms with Crippen molar-refractivity contribution in [1.82, 2.24) is 20.2 Å². The molecular weight excluding hydrogens is 445 g/mol. The number of amides is 1. The molecule has 1 amide bonds. The van der Waals surface area contributed by atoms with E-state index < -0.39 is 0 Å². The number of nitrogens with zero attached hydrogens (tertiary/aromatic N) is 4. The standard InChI is InChI=1S/C20H25N5O2S.2ClH/c26-19(25-10-8-24(9-11-25)18-14-22-6-7-23-18)17-13-15-16(28-17)1-12-27-20(15)2-4-21-5-3-20;;/h6-7,13-14,21H,1-5,8-12H2;2*1H. The molecular formula is C20H27Cl2N5O2S. The highest BCUT2D eigenvalue weighted by Crippen LogP contribution is 2.43. The Labute approximate surface area is 193 Å². The fourth-order valence-electron chi connectivity index (χ4n) is 4.52. The van der Waals surface area contributed by atoms with E-state index in [1.54, 1.807) is 29.9 Å². The van der Waals surface area contributed by atoms with Crippen molar-refractivity contribution in [1.29, 1.82) is 0 Å². The summed E-state index contributed by atoms with van der Waals surface area (Å²) >= 11 is 1.67. The number of nitrogens with one attached hydrogen (secondary N) is 1. The molecule has 5 rings (SSSR count). The maximum Gasteiger partial charge on any atom is 0.264 e. The van der Waals surface area contributed by atoms with E-state index in [-0.39, 0.29) is 36.3 Å². The number of anilines is 1. The smallest absolute Gasteiger partial charge is 0.264 e. The van der Waals surface area contributed by atoms with Crippen molar-refractivity contribution in [3.8, 4) is 0 Å². The lowest BCUT2D eigenvalue weighted by Gasteiger charge is -2.40. The van der Waals surface area contributed by atoms with Gasteiger partial charge < -0.3 is 19.9 Å². The van der Waals surface area contributed by atoms with Gasteiger partial charge in [-0.1, -0.05) is 0 Å². The van der Waals surface area contributed by atoms with E-state index in [4.69, 9.17) is 4.74 Å². The number of thiophene rings is 1. The van der Waals surface area contributed by atoms with E-state index in [0.717, 1.165) is 62.7 Å². The fourth-order valence-corrected chi connectivity index (χ4v) is 5.71. The van der Waals surface area contributed by atoms with E-state index in [1.165, 1.54) is 10.4 Å². The molecule has 2 fully saturated rings. The fraction of sp³-hybridized carbons (Fsp3) is 0.550. The van der Waals surface area contributed by atoms with Crippen molar-refractivity contribution < 1.29 is 9.53 Å². The molecule has 3 aliphatic rings. The number of rotatable bonds is 2. The molecule has 0 aromatic carbocycles. The second-order valence-corrected chi connectivity index (χ2v) is 8.77. The van der Waals surface area contributed by atoms with Gasteiger partial charge in [0.2, 0.25) is 0 Å². The first-order chi connectivity index (χ1) is 13.8. The maximum atomic E-state index is 13.2. The van der Waals surface area contributed by atoms with Gasteiger partial charge in [0, 0.05) is 49.9 Å².